The summed E-state index contributed by atoms with van der Waals surface area (Å²) in [4.78, 5) is 11.1. The minimum Gasteiger partial charge on any atom is -0.493 e. The zero-order valence-electron chi connectivity index (χ0n) is 12.5. The summed E-state index contributed by atoms with van der Waals surface area (Å²) in [6, 6.07) is 12.8. The third kappa shape index (κ3) is 2.75. The summed E-state index contributed by atoms with van der Waals surface area (Å²) in [6.07, 6.45) is 0. The van der Waals surface area contributed by atoms with Crippen LogP contribution < -0.4 is 4.74 Å². The number of hydrogen-bond donors (Lipinski definition) is 1. The molecule has 0 aliphatic carbocycles. The topological polar surface area (TPSA) is 63.8 Å². The first-order valence-corrected chi connectivity index (χ1v) is 7.52. The number of aromatic nitrogens is 1. The highest BCUT2D eigenvalue weighted by atomic mass is 35.5. The number of benzene rings is 2. The van der Waals surface area contributed by atoms with Crippen molar-refractivity contribution in [2.24, 2.45) is 5.18 Å². The molecule has 0 aliphatic heterocycles. The van der Waals surface area contributed by atoms with E-state index in [2.05, 4.69) is 5.18 Å². The van der Waals surface area contributed by atoms with Gasteiger partial charge < -0.3 is 14.4 Å². The van der Waals surface area contributed by atoms with Crippen LogP contribution in [0.25, 0.3) is 10.9 Å². The van der Waals surface area contributed by atoms with Crippen LogP contribution in [0.15, 0.2) is 47.6 Å². The van der Waals surface area contributed by atoms with Crippen molar-refractivity contribution < 1.29 is 9.84 Å². The summed E-state index contributed by atoms with van der Waals surface area (Å²) in [7, 11) is 0. The molecular weight excluding hydrogens is 316 g/mol. The molecule has 3 aromatic rings. The summed E-state index contributed by atoms with van der Waals surface area (Å²) >= 11 is 6.04. The van der Waals surface area contributed by atoms with Crippen LogP contribution in [0.2, 0.25) is 5.02 Å². The lowest BCUT2D eigenvalue weighted by Crippen LogP contribution is -2.07. The molecule has 0 fully saturated rings. The molecule has 118 valence electrons. The number of para-hydroxylation sites is 1. The highest BCUT2D eigenvalue weighted by molar-refractivity contribution is 6.32. The molecule has 1 heterocycles. The average molecular weight is 331 g/mol. The molecule has 0 atom stereocenters. The van der Waals surface area contributed by atoms with E-state index in [1.54, 1.807) is 16.7 Å². The maximum atomic E-state index is 11.1. The van der Waals surface area contributed by atoms with Gasteiger partial charge in [-0.25, -0.2) is 0 Å². The number of aromatic hydroxyl groups is 1. The van der Waals surface area contributed by atoms with Crippen molar-refractivity contribution in [1.82, 2.24) is 4.57 Å². The summed E-state index contributed by atoms with van der Waals surface area (Å²) in [6.45, 7) is 2.54. The van der Waals surface area contributed by atoms with Gasteiger partial charge in [-0.2, -0.15) is 0 Å². The standard InChI is InChI=1S/C17H15ClN2O3/c1-11-5-4-7-13-15(11)16(19-22)17(21)20(13)9-10-23-14-8-3-2-6-12(14)18/h2-8,21H,9-10H2,1H3. The number of halogens is 1. The van der Waals surface area contributed by atoms with Crippen molar-refractivity contribution in [3.8, 4) is 11.6 Å². The Balaban J connectivity index is 1.89. The van der Waals surface area contributed by atoms with Crippen LogP contribution in [-0.4, -0.2) is 16.3 Å². The van der Waals surface area contributed by atoms with Crippen LogP contribution in [0.1, 0.15) is 5.56 Å². The molecule has 2 aromatic carbocycles. The van der Waals surface area contributed by atoms with E-state index in [-0.39, 0.29) is 11.6 Å². The molecule has 0 unspecified atom stereocenters. The SMILES string of the molecule is Cc1cccc2c1c(N=O)c(O)n2CCOc1ccccc1Cl. The van der Waals surface area contributed by atoms with Crippen molar-refractivity contribution in [3.63, 3.8) is 0 Å². The predicted molar refractivity (Wildman–Crippen MR) is 90.7 cm³/mol. The summed E-state index contributed by atoms with van der Waals surface area (Å²) in [5, 5.41) is 14.4. The normalized spacial score (nSPS) is 10.9. The van der Waals surface area contributed by atoms with E-state index >= 15 is 0 Å². The van der Waals surface area contributed by atoms with Gasteiger partial charge in [0, 0.05) is 5.39 Å². The Kier molecular flexibility index (Phi) is 4.21. The fourth-order valence-corrected chi connectivity index (χ4v) is 2.85. The Morgan fingerprint density at radius 3 is 2.74 bits per heavy atom. The van der Waals surface area contributed by atoms with Crippen molar-refractivity contribution >= 4 is 28.2 Å². The Hall–Kier alpha value is -2.53. The number of rotatable bonds is 5. The van der Waals surface area contributed by atoms with Crippen LogP contribution in [-0.2, 0) is 6.54 Å². The van der Waals surface area contributed by atoms with Gasteiger partial charge >= 0.3 is 0 Å². The average Bonchev–Trinajstić information content (AvgIpc) is 2.82. The first-order chi connectivity index (χ1) is 11.1. The van der Waals surface area contributed by atoms with Crippen LogP contribution in [0.3, 0.4) is 0 Å². The van der Waals surface area contributed by atoms with Crippen molar-refractivity contribution in [2.45, 2.75) is 13.5 Å². The fraction of sp³-hybridized carbons (Fsp3) is 0.176. The molecule has 0 saturated carbocycles. The molecule has 3 rings (SSSR count). The monoisotopic (exact) mass is 330 g/mol. The van der Waals surface area contributed by atoms with Crippen LogP contribution in [0.5, 0.6) is 11.6 Å². The summed E-state index contributed by atoms with van der Waals surface area (Å²) < 4.78 is 7.27. The molecule has 1 N–H and O–H groups in total. The Morgan fingerprint density at radius 2 is 2.00 bits per heavy atom. The Morgan fingerprint density at radius 1 is 1.22 bits per heavy atom. The quantitative estimate of drug-likeness (QED) is 0.684. The maximum Gasteiger partial charge on any atom is 0.222 e. The van der Waals surface area contributed by atoms with Gasteiger partial charge in [0.25, 0.3) is 0 Å². The third-order valence-electron chi connectivity index (χ3n) is 3.75. The van der Waals surface area contributed by atoms with Gasteiger partial charge in [-0.1, -0.05) is 35.9 Å². The highest BCUT2D eigenvalue weighted by Gasteiger charge is 2.18. The van der Waals surface area contributed by atoms with Gasteiger partial charge in [-0.15, -0.1) is 4.91 Å². The number of fused-ring (bicyclic) bond motifs is 1. The van der Waals surface area contributed by atoms with Gasteiger partial charge in [-0.05, 0) is 35.9 Å². The summed E-state index contributed by atoms with van der Waals surface area (Å²) in [5.74, 6) is 0.432. The molecule has 0 aliphatic rings. The lowest BCUT2D eigenvalue weighted by molar-refractivity contribution is 0.291. The maximum absolute atomic E-state index is 11.1. The zero-order valence-corrected chi connectivity index (χ0v) is 13.2. The highest BCUT2D eigenvalue weighted by Crippen LogP contribution is 2.40. The van der Waals surface area contributed by atoms with Gasteiger partial charge in [0.1, 0.15) is 12.4 Å². The van der Waals surface area contributed by atoms with Gasteiger partial charge in [-0.3, -0.25) is 0 Å². The van der Waals surface area contributed by atoms with E-state index in [9.17, 15) is 10.0 Å². The number of nitrogens with zero attached hydrogens (tertiary/aromatic N) is 2. The molecule has 0 saturated heterocycles. The molecular formula is C17H15ClN2O3. The van der Waals surface area contributed by atoms with E-state index in [1.807, 2.05) is 37.3 Å². The molecule has 0 radical (unpaired) electrons. The Bertz CT molecular complexity index is 874. The van der Waals surface area contributed by atoms with Gasteiger partial charge in [0.05, 0.1) is 17.1 Å². The Labute approximate surface area is 138 Å². The minimum absolute atomic E-state index is 0.0656. The fourth-order valence-electron chi connectivity index (χ4n) is 2.66. The van der Waals surface area contributed by atoms with E-state index in [0.717, 1.165) is 11.1 Å². The first kappa shape index (κ1) is 15.4. The molecule has 6 heteroatoms. The second-order valence-electron chi connectivity index (χ2n) is 5.16. The molecule has 23 heavy (non-hydrogen) atoms. The van der Waals surface area contributed by atoms with Crippen molar-refractivity contribution in [2.75, 3.05) is 6.61 Å². The minimum atomic E-state index is -0.146. The molecule has 0 bridgehead atoms. The van der Waals surface area contributed by atoms with Crippen LogP contribution in [0.4, 0.5) is 5.69 Å². The van der Waals surface area contributed by atoms with E-state index in [1.165, 1.54) is 0 Å². The second kappa shape index (κ2) is 6.30. The third-order valence-corrected chi connectivity index (χ3v) is 4.06. The number of nitroso groups, excluding NO2 is 1. The lowest BCUT2D eigenvalue weighted by Gasteiger charge is -2.10. The summed E-state index contributed by atoms with van der Waals surface area (Å²) in [5.41, 5.74) is 1.70. The number of aryl methyl sites for hydroxylation is 1. The first-order valence-electron chi connectivity index (χ1n) is 7.15. The van der Waals surface area contributed by atoms with E-state index in [4.69, 9.17) is 16.3 Å². The zero-order chi connectivity index (χ0) is 16.4. The molecule has 0 amide bonds. The van der Waals surface area contributed by atoms with Crippen LogP contribution in [0, 0.1) is 11.8 Å². The molecule has 5 nitrogen and oxygen atoms in total. The second-order valence-corrected chi connectivity index (χ2v) is 5.57. The molecule has 1 aromatic heterocycles. The van der Waals surface area contributed by atoms with E-state index in [0.29, 0.717) is 29.3 Å². The molecule has 0 spiro atoms. The van der Waals surface area contributed by atoms with Crippen molar-refractivity contribution in [3.05, 3.63) is 58.0 Å². The lowest BCUT2D eigenvalue weighted by atomic mass is 10.1. The number of hydrogen-bond acceptors (Lipinski definition) is 4. The van der Waals surface area contributed by atoms with Crippen molar-refractivity contribution in [1.29, 1.82) is 0 Å². The predicted octanol–water partition coefficient (Wildman–Crippen LogP) is 4.79. The van der Waals surface area contributed by atoms with Crippen LogP contribution >= 0.6 is 11.6 Å². The largest absolute Gasteiger partial charge is 0.493 e. The number of ether oxygens (including phenoxy) is 1. The smallest absolute Gasteiger partial charge is 0.222 e. The van der Waals surface area contributed by atoms with Gasteiger partial charge in [0.2, 0.25) is 5.88 Å². The van der Waals surface area contributed by atoms with Gasteiger partial charge in [0.15, 0.2) is 5.69 Å². The van der Waals surface area contributed by atoms with E-state index < -0.39 is 0 Å².